The van der Waals surface area contributed by atoms with Gasteiger partial charge in [-0.05, 0) is 48.2 Å². The lowest BCUT2D eigenvalue weighted by Gasteiger charge is -2.12. The van der Waals surface area contributed by atoms with Crippen LogP contribution in [0.4, 0.5) is 5.69 Å². The average Bonchev–Trinajstić information content (AvgIpc) is 3.22. The quantitative estimate of drug-likeness (QED) is 0.635. The SMILES string of the molecule is O=C(CSCc1cccc(Cl)c1)NCc1cccc(NC(=O)C2CCCC2)c1. The zero-order chi connectivity index (χ0) is 19.8. The lowest BCUT2D eigenvalue weighted by Crippen LogP contribution is -2.25. The summed E-state index contributed by atoms with van der Waals surface area (Å²) in [5, 5.41) is 6.65. The number of thioether (sulfide) groups is 1. The second kappa shape index (κ2) is 10.5. The highest BCUT2D eigenvalue weighted by Crippen LogP contribution is 2.26. The first kappa shape index (κ1) is 20.7. The number of amides is 2. The van der Waals surface area contributed by atoms with Crippen molar-refractivity contribution >= 4 is 40.9 Å². The third kappa shape index (κ3) is 6.57. The number of anilines is 1. The maximum absolute atomic E-state index is 12.3. The number of benzene rings is 2. The van der Waals surface area contributed by atoms with Crippen LogP contribution in [0, 0.1) is 5.92 Å². The third-order valence-corrected chi connectivity index (χ3v) is 6.04. The Morgan fingerprint density at radius 1 is 1.04 bits per heavy atom. The van der Waals surface area contributed by atoms with Gasteiger partial charge in [0.2, 0.25) is 11.8 Å². The van der Waals surface area contributed by atoms with Gasteiger partial charge in [0.1, 0.15) is 0 Å². The molecule has 0 saturated heterocycles. The van der Waals surface area contributed by atoms with E-state index in [1.165, 1.54) is 0 Å². The van der Waals surface area contributed by atoms with Gasteiger partial charge in [-0.3, -0.25) is 9.59 Å². The van der Waals surface area contributed by atoms with Gasteiger partial charge >= 0.3 is 0 Å². The molecule has 1 fully saturated rings. The Balaban J connectivity index is 1.41. The lowest BCUT2D eigenvalue weighted by molar-refractivity contribution is -0.120. The van der Waals surface area contributed by atoms with Gasteiger partial charge in [-0.2, -0.15) is 0 Å². The topological polar surface area (TPSA) is 58.2 Å². The molecule has 0 spiro atoms. The molecule has 6 heteroatoms. The van der Waals surface area contributed by atoms with Gasteiger partial charge in [0.05, 0.1) is 5.75 Å². The molecule has 2 aromatic rings. The number of halogens is 1. The highest BCUT2D eigenvalue weighted by Gasteiger charge is 2.22. The van der Waals surface area contributed by atoms with Crippen molar-refractivity contribution in [3.63, 3.8) is 0 Å². The number of hydrogen-bond donors (Lipinski definition) is 2. The molecular weight excluding hydrogens is 392 g/mol. The zero-order valence-electron chi connectivity index (χ0n) is 15.7. The molecule has 2 N–H and O–H groups in total. The summed E-state index contributed by atoms with van der Waals surface area (Å²) in [6.45, 7) is 0.448. The molecule has 0 heterocycles. The summed E-state index contributed by atoms with van der Waals surface area (Å²) in [7, 11) is 0. The molecule has 1 aliphatic carbocycles. The first-order valence-corrected chi connectivity index (χ1v) is 11.1. The van der Waals surface area contributed by atoms with Gasteiger partial charge in [0.15, 0.2) is 0 Å². The van der Waals surface area contributed by atoms with Crippen molar-refractivity contribution in [2.24, 2.45) is 5.92 Å². The van der Waals surface area contributed by atoms with Crippen molar-refractivity contribution in [3.8, 4) is 0 Å². The maximum Gasteiger partial charge on any atom is 0.230 e. The van der Waals surface area contributed by atoms with Crippen LogP contribution in [-0.4, -0.2) is 17.6 Å². The summed E-state index contributed by atoms with van der Waals surface area (Å²) in [5.41, 5.74) is 2.87. The molecule has 0 bridgehead atoms. The van der Waals surface area contributed by atoms with Crippen LogP contribution in [0.15, 0.2) is 48.5 Å². The van der Waals surface area contributed by atoms with E-state index in [0.717, 1.165) is 48.3 Å². The predicted molar refractivity (Wildman–Crippen MR) is 116 cm³/mol. The van der Waals surface area contributed by atoms with Crippen LogP contribution >= 0.6 is 23.4 Å². The van der Waals surface area contributed by atoms with Crippen LogP contribution in [0.2, 0.25) is 5.02 Å². The highest BCUT2D eigenvalue weighted by atomic mass is 35.5. The number of carbonyl (C=O) groups is 2. The predicted octanol–water partition coefficient (Wildman–Crippen LogP) is 5.02. The van der Waals surface area contributed by atoms with Crippen LogP contribution in [0.25, 0.3) is 0 Å². The molecule has 0 unspecified atom stereocenters. The van der Waals surface area contributed by atoms with Crippen molar-refractivity contribution in [2.45, 2.75) is 38.0 Å². The van der Waals surface area contributed by atoms with E-state index in [1.807, 2.05) is 48.5 Å². The second-order valence-corrected chi connectivity index (χ2v) is 8.49. The van der Waals surface area contributed by atoms with Crippen molar-refractivity contribution in [2.75, 3.05) is 11.1 Å². The van der Waals surface area contributed by atoms with Gasteiger partial charge in [0.25, 0.3) is 0 Å². The van der Waals surface area contributed by atoms with Gasteiger partial charge in [-0.1, -0.05) is 48.7 Å². The standard InChI is InChI=1S/C22H25ClN2O2S/c23-19-9-3-6-17(11-19)14-28-15-21(26)24-13-16-5-4-10-20(12-16)25-22(27)18-7-1-2-8-18/h3-6,9-12,18H,1-2,7-8,13-15H2,(H,24,26)(H,25,27). The molecule has 0 aromatic heterocycles. The fourth-order valence-corrected chi connectivity index (χ4v) is 4.35. The highest BCUT2D eigenvalue weighted by molar-refractivity contribution is 7.99. The van der Waals surface area contributed by atoms with Crippen LogP contribution in [-0.2, 0) is 21.9 Å². The fourth-order valence-electron chi connectivity index (χ4n) is 3.33. The maximum atomic E-state index is 12.3. The minimum atomic E-state index is -0.00702. The van der Waals surface area contributed by atoms with E-state index in [9.17, 15) is 9.59 Å². The van der Waals surface area contributed by atoms with Gasteiger partial charge in [-0.15, -0.1) is 11.8 Å². The van der Waals surface area contributed by atoms with Crippen LogP contribution < -0.4 is 10.6 Å². The number of rotatable bonds is 8. The molecule has 1 saturated carbocycles. The number of nitrogens with one attached hydrogen (secondary N) is 2. The first-order chi connectivity index (χ1) is 13.6. The Labute approximate surface area is 175 Å². The average molecular weight is 417 g/mol. The third-order valence-electron chi connectivity index (χ3n) is 4.80. The molecule has 1 aliphatic rings. The smallest absolute Gasteiger partial charge is 0.230 e. The van der Waals surface area contributed by atoms with Crippen LogP contribution in [0.5, 0.6) is 0 Å². The molecule has 2 aromatic carbocycles. The van der Waals surface area contributed by atoms with Crippen LogP contribution in [0.3, 0.4) is 0 Å². The number of hydrogen-bond acceptors (Lipinski definition) is 3. The Morgan fingerprint density at radius 3 is 2.57 bits per heavy atom. The zero-order valence-corrected chi connectivity index (χ0v) is 17.3. The second-order valence-electron chi connectivity index (χ2n) is 7.07. The lowest BCUT2D eigenvalue weighted by atomic mass is 10.1. The largest absolute Gasteiger partial charge is 0.351 e. The molecule has 148 valence electrons. The fraction of sp³-hybridized carbons (Fsp3) is 0.364. The Hall–Kier alpha value is -1.98. The molecule has 0 radical (unpaired) electrons. The summed E-state index contributed by atoms with van der Waals surface area (Å²) < 4.78 is 0. The minimum Gasteiger partial charge on any atom is -0.351 e. The molecule has 28 heavy (non-hydrogen) atoms. The Morgan fingerprint density at radius 2 is 1.79 bits per heavy atom. The van der Waals surface area contributed by atoms with Crippen molar-refractivity contribution in [1.29, 1.82) is 0 Å². The van der Waals surface area contributed by atoms with E-state index < -0.39 is 0 Å². The Kier molecular flexibility index (Phi) is 7.80. The molecular formula is C22H25ClN2O2S. The Bertz CT molecular complexity index is 822. The van der Waals surface area contributed by atoms with Gasteiger partial charge in [-0.25, -0.2) is 0 Å². The monoisotopic (exact) mass is 416 g/mol. The minimum absolute atomic E-state index is 0.00702. The van der Waals surface area contributed by atoms with Crippen molar-refractivity contribution in [3.05, 3.63) is 64.7 Å². The molecule has 3 rings (SSSR count). The summed E-state index contributed by atoms with van der Waals surface area (Å²) in [6.07, 6.45) is 4.24. The van der Waals surface area contributed by atoms with Gasteiger partial charge < -0.3 is 10.6 Å². The van der Waals surface area contributed by atoms with E-state index >= 15 is 0 Å². The summed E-state index contributed by atoms with van der Waals surface area (Å²) in [4.78, 5) is 24.3. The summed E-state index contributed by atoms with van der Waals surface area (Å²) >= 11 is 7.53. The van der Waals surface area contributed by atoms with Gasteiger partial charge in [0, 0.05) is 28.9 Å². The number of carbonyl (C=O) groups excluding carboxylic acids is 2. The first-order valence-electron chi connectivity index (χ1n) is 9.59. The summed E-state index contributed by atoms with van der Waals surface area (Å²) in [5.74, 6) is 1.38. The molecule has 4 nitrogen and oxygen atoms in total. The van der Waals surface area contributed by atoms with E-state index in [1.54, 1.807) is 11.8 Å². The molecule has 2 amide bonds. The van der Waals surface area contributed by atoms with Crippen LogP contribution in [0.1, 0.15) is 36.8 Å². The van der Waals surface area contributed by atoms with E-state index in [0.29, 0.717) is 17.3 Å². The van der Waals surface area contributed by atoms with E-state index in [-0.39, 0.29) is 17.7 Å². The van der Waals surface area contributed by atoms with Crippen molar-refractivity contribution in [1.82, 2.24) is 5.32 Å². The van der Waals surface area contributed by atoms with E-state index in [2.05, 4.69) is 10.6 Å². The normalized spacial score (nSPS) is 14.0. The molecule has 0 atom stereocenters. The summed E-state index contributed by atoms with van der Waals surface area (Å²) in [6, 6.07) is 15.3. The molecule has 0 aliphatic heterocycles. The van der Waals surface area contributed by atoms with E-state index in [4.69, 9.17) is 11.6 Å². The van der Waals surface area contributed by atoms with Crippen molar-refractivity contribution < 1.29 is 9.59 Å².